The normalized spacial score (nSPS) is 15.0. The predicted octanol–water partition coefficient (Wildman–Crippen LogP) is 1.95. The summed E-state index contributed by atoms with van der Waals surface area (Å²) in [5.74, 6) is 0. The topological polar surface area (TPSA) is 0 Å². The number of hydrogen-bond donors (Lipinski definition) is 0. The van der Waals surface area contributed by atoms with Crippen LogP contribution in [0.2, 0.25) is 0 Å². The smallest absolute Gasteiger partial charge is 1.00 e. The van der Waals surface area contributed by atoms with Gasteiger partial charge >= 0.3 is 26.2 Å². The van der Waals surface area contributed by atoms with E-state index in [0.717, 1.165) is 12.8 Å². The summed E-state index contributed by atoms with van der Waals surface area (Å²) >= 11 is 0. The monoisotopic (exact) mass is 339 g/mol. The van der Waals surface area contributed by atoms with E-state index in [4.69, 9.17) is 0 Å². The van der Waals surface area contributed by atoms with Gasteiger partial charge in [-0.05, 0) is 0 Å². The van der Waals surface area contributed by atoms with Crippen molar-refractivity contribution in [3.8, 4) is 0 Å². The van der Waals surface area contributed by atoms with Crippen LogP contribution in [0.1, 0.15) is 52.4 Å². The van der Waals surface area contributed by atoms with Gasteiger partial charge in [0.25, 0.3) is 0 Å². The third kappa shape index (κ3) is 9.11. The van der Waals surface area contributed by atoms with Crippen molar-refractivity contribution in [2.24, 2.45) is 0 Å². The summed E-state index contributed by atoms with van der Waals surface area (Å²) in [6, 6.07) is 0. The van der Waals surface area contributed by atoms with E-state index in [1.165, 1.54) is 36.8 Å². The van der Waals surface area contributed by atoms with Crippen LogP contribution in [0.25, 0.3) is 0 Å². The van der Waals surface area contributed by atoms with Gasteiger partial charge in [-0.15, -0.1) is 12.8 Å². The molecule has 0 N–H and O–H groups in total. The maximum atomic E-state index is 3.26. The van der Waals surface area contributed by atoms with Crippen LogP contribution in [0.15, 0.2) is 35.5 Å². The van der Waals surface area contributed by atoms with Gasteiger partial charge in [0.05, 0.1) is 0 Å². The molecule has 98 valence electrons. The summed E-state index contributed by atoms with van der Waals surface area (Å²) in [6.07, 6.45) is 22.2. The minimum absolute atomic E-state index is 0. The standard InChI is InChI=1S/2C8H11.ClH.Zr/c2*1-2-5-8-6-3-4-7-8;;/h2*3,6H,2,4-5H2,1H3;1H;/q2*-1;;+2/p-1. The molecule has 0 amide bonds. The summed E-state index contributed by atoms with van der Waals surface area (Å²) < 4.78 is 0. The summed E-state index contributed by atoms with van der Waals surface area (Å²) in [4.78, 5) is 0. The van der Waals surface area contributed by atoms with Crippen LogP contribution in [0.3, 0.4) is 0 Å². The molecule has 2 aliphatic rings. The van der Waals surface area contributed by atoms with E-state index in [9.17, 15) is 0 Å². The first kappa shape index (κ1) is 20.5. The first-order valence-corrected chi connectivity index (χ1v) is 6.39. The van der Waals surface area contributed by atoms with Crippen molar-refractivity contribution < 1.29 is 38.6 Å². The minimum Gasteiger partial charge on any atom is -1.00 e. The van der Waals surface area contributed by atoms with Crippen molar-refractivity contribution in [1.29, 1.82) is 0 Å². The van der Waals surface area contributed by atoms with E-state index >= 15 is 0 Å². The van der Waals surface area contributed by atoms with Gasteiger partial charge in [0.15, 0.2) is 0 Å². The number of allylic oxidation sites excluding steroid dienone is 8. The van der Waals surface area contributed by atoms with Crippen LogP contribution >= 0.6 is 0 Å². The zero-order chi connectivity index (χ0) is 11.6. The Kier molecular flexibility index (Phi) is 15.4. The van der Waals surface area contributed by atoms with Crippen LogP contribution < -0.4 is 12.4 Å². The van der Waals surface area contributed by atoms with Crippen LogP contribution in [0.4, 0.5) is 0 Å². The van der Waals surface area contributed by atoms with Crippen LogP contribution in [0.5, 0.6) is 0 Å². The Morgan fingerprint density at radius 2 is 1.28 bits per heavy atom. The summed E-state index contributed by atoms with van der Waals surface area (Å²) in [5, 5.41) is 0. The molecule has 0 aromatic heterocycles. The third-order valence-corrected chi connectivity index (χ3v) is 2.57. The molecule has 0 fully saturated rings. The molecule has 0 aromatic rings. The van der Waals surface area contributed by atoms with Crippen LogP contribution in [-0.4, -0.2) is 0 Å². The fourth-order valence-corrected chi connectivity index (χ4v) is 1.78. The molecule has 0 saturated carbocycles. The SMILES string of the molecule is CCCC1=[C-]CC=C1.CCCC1=[C-]CC=C1.[Cl-].[Zr+2]. The van der Waals surface area contributed by atoms with Crippen molar-refractivity contribution in [3.05, 3.63) is 47.6 Å². The van der Waals surface area contributed by atoms with Gasteiger partial charge < -0.3 is 12.4 Å². The van der Waals surface area contributed by atoms with E-state index in [1.54, 1.807) is 0 Å². The van der Waals surface area contributed by atoms with Crippen molar-refractivity contribution in [2.75, 3.05) is 0 Å². The largest absolute Gasteiger partial charge is 2.00 e. The van der Waals surface area contributed by atoms with E-state index in [-0.39, 0.29) is 38.6 Å². The average molecular weight is 341 g/mol. The molecule has 0 spiro atoms. The van der Waals surface area contributed by atoms with Gasteiger partial charge in [-0.25, -0.2) is 23.3 Å². The summed E-state index contributed by atoms with van der Waals surface area (Å²) in [7, 11) is 0. The van der Waals surface area contributed by atoms with Crippen molar-refractivity contribution in [3.63, 3.8) is 0 Å². The molecular weight excluding hydrogens is 319 g/mol. The van der Waals surface area contributed by atoms with Gasteiger partial charge in [-0.3, -0.25) is 12.2 Å². The summed E-state index contributed by atoms with van der Waals surface area (Å²) in [5.41, 5.74) is 2.79. The molecule has 0 aliphatic heterocycles. The Hall–Kier alpha value is 0.133. The van der Waals surface area contributed by atoms with Crippen molar-refractivity contribution >= 4 is 0 Å². The number of hydrogen-bond acceptors (Lipinski definition) is 0. The molecule has 0 nitrogen and oxygen atoms in total. The molecule has 0 saturated heterocycles. The minimum atomic E-state index is 0. The van der Waals surface area contributed by atoms with Gasteiger partial charge in [-0.2, -0.15) is 12.2 Å². The first-order valence-electron chi connectivity index (χ1n) is 6.39. The quantitative estimate of drug-likeness (QED) is 0.686. The fraction of sp³-hybridized carbons (Fsp3) is 0.500. The Labute approximate surface area is 138 Å². The molecule has 18 heavy (non-hydrogen) atoms. The molecule has 2 aliphatic carbocycles. The van der Waals surface area contributed by atoms with E-state index in [2.05, 4.69) is 50.3 Å². The molecule has 0 atom stereocenters. The van der Waals surface area contributed by atoms with E-state index in [1.807, 2.05) is 0 Å². The first-order chi connectivity index (χ1) is 7.86. The predicted molar refractivity (Wildman–Crippen MR) is 70.8 cm³/mol. The van der Waals surface area contributed by atoms with Crippen LogP contribution in [0, 0.1) is 12.2 Å². The molecule has 0 heterocycles. The van der Waals surface area contributed by atoms with Gasteiger partial charge in [0, 0.05) is 0 Å². The second-order valence-corrected chi connectivity index (χ2v) is 4.12. The van der Waals surface area contributed by atoms with Gasteiger partial charge in [0.2, 0.25) is 0 Å². The average Bonchev–Trinajstić information content (AvgIpc) is 2.92. The van der Waals surface area contributed by atoms with E-state index < -0.39 is 0 Å². The van der Waals surface area contributed by atoms with E-state index in [0.29, 0.717) is 0 Å². The molecule has 0 radical (unpaired) electrons. The molecule has 2 heteroatoms. The second-order valence-electron chi connectivity index (χ2n) is 4.12. The zero-order valence-corrected chi connectivity index (χ0v) is 14.6. The van der Waals surface area contributed by atoms with Crippen molar-refractivity contribution in [2.45, 2.75) is 52.4 Å². The van der Waals surface area contributed by atoms with Crippen molar-refractivity contribution in [1.82, 2.24) is 0 Å². The van der Waals surface area contributed by atoms with Crippen LogP contribution in [-0.2, 0) is 26.2 Å². The Balaban J connectivity index is 0. The maximum absolute atomic E-state index is 3.26. The third-order valence-electron chi connectivity index (χ3n) is 2.57. The number of rotatable bonds is 4. The maximum Gasteiger partial charge on any atom is 2.00 e. The summed E-state index contributed by atoms with van der Waals surface area (Å²) in [6.45, 7) is 4.39. The fourth-order valence-electron chi connectivity index (χ4n) is 1.78. The molecule has 0 bridgehead atoms. The second kappa shape index (κ2) is 13.6. The Morgan fingerprint density at radius 3 is 1.50 bits per heavy atom. The van der Waals surface area contributed by atoms with Gasteiger partial charge in [-0.1, -0.05) is 39.5 Å². The molecule has 0 unspecified atom stereocenters. The van der Waals surface area contributed by atoms with Gasteiger partial charge in [0.1, 0.15) is 0 Å². The molecule has 0 aromatic carbocycles. The number of halogens is 1. The Bertz CT molecular complexity index is 279. The Morgan fingerprint density at radius 1 is 0.889 bits per heavy atom. The molecular formula is C16H22ClZr-. The zero-order valence-electron chi connectivity index (χ0n) is 11.4. The molecule has 2 rings (SSSR count).